The summed E-state index contributed by atoms with van der Waals surface area (Å²) in [5.74, 6) is 0.268. The highest BCUT2D eigenvalue weighted by atomic mass is 35.5. The number of halogens is 2. The molecule has 0 amide bonds. The van der Waals surface area contributed by atoms with Gasteiger partial charge in [0.05, 0.1) is 10.0 Å². The first kappa shape index (κ1) is 14.3. The summed E-state index contributed by atoms with van der Waals surface area (Å²) in [5, 5.41) is 4.52. The van der Waals surface area contributed by atoms with Gasteiger partial charge in [-0.05, 0) is 36.4 Å². The third kappa shape index (κ3) is 3.08. The van der Waals surface area contributed by atoms with Crippen LogP contribution in [0.15, 0.2) is 42.7 Å². The summed E-state index contributed by atoms with van der Waals surface area (Å²) in [6, 6.07) is 9.88. The van der Waals surface area contributed by atoms with E-state index in [-0.39, 0.29) is 12.0 Å². The molecular formula is C15H16Cl2N2. The van der Waals surface area contributed by atoms with E-state index < -0.39 is 0 Å². The van der Waals surface area contributed by atoms with Gasteiger partial charge in [0.2, 0.25) is 0 Å². The average Bonchev–Trinajstić information content (AvgIpc) is 2.45. The Bertz CT molecular complexity index is 543. The third-order valence-electron chi connectivity index (χ3n) is 3.36. The molecule has 4 heteroatoms. The van der Waals surface area contributed by atoms with Gasteiger partial charge >= 0.3 is 0 Å². The summed E-state index contributed by atoms with van der Waals surface area (Å²) in [4.78, 5) is 4.05. The van der Waals surface area contributed by atoms with E-state index in [0.29, 0.717) is 10.0 Å². The Labute approximate surface area is 123 Å². The van der Waals surface area contributed by atoms with E-state index >= 15 is 0 Å². The molecule has 2 rings (SSSR count). The van der Waals surface area contributed by atoms with Gasteiger partial charge in [0.15, 0.2) is 0 Å². The van der Waals surface area contributed by atoms with Gasteiger partial charge in [-0.3, -0.25) is 4.98 Å². The minimum Gasteiger partial charge on any atom is -0.312 e. The van der Waals surface area contributed by atoms with E-state index in [1.165, 1.54) is 5.56 Å². The maximum absolute atomic E-state index is 6.31. The van der Waals surface area contributed by atoms with Crippen molar-refractivity contribution in [2.24, 2.45) is 0 Å². The average molecular weight is 295 g/mol. The number of pyridine rings is 1. The number of benzene rings is 1. The molecule has 100 valence electrons. The van der Waals surface area contributed by atoms with E-state index in [2.05, 4.69) is 17.2 Å². The van der Waals surface area contributed by atoms with Crippen molar-refractivity contribution < 1.29 is 0 Å². The van der Waals surface area contributed by atoms with Crippen molar-refractivity contribution in [1.82, 2.24) is 10.3 Å². The van der Waals surface area contributed by atoms with Gasteiger partial charge in [-0.2, -0.15) is 0 Å². The van der Waals surface area contributed by atoms with E-state index in [9.17, 15) is 0 Å². The molecule has 0 aliphatic rings. The summed E-state index contributed by atoms with van der Waals surface area (Å²) in [6.07, 6.45) is 3.61. The zero-order valence-corrected chi connectivity index (χ0v) is 12.4. The molecule has 0 spiro atoms. The van der Waals surface area contributed by atoms with Gasteiger partial charge in [0.1, 0.15) is 0 Å². The van der Waals surface area contributed by atoms with E-state index in [1.807, 2.05) is 31.3 Å². The molecule has 1 aromatic heterocycles. The molecule has 0 saturated carbocycles. The minimum atomic E-state index is 0.105. The summed E-state index contributed by atoms with van der Waals surface area (Å²) in [5.41, 5.74) is 2.23. The quantitative estimate of drug-likeness (QED) is 0.901. The molecule has 0 aliphatic carbocycles. The highest BCUT2D eigenvalue weighted by Gasteiger charge is 2.22. The Morgan fingerprint density at radius 2 is 1.79 bits per heavy atom. The molecule has 0 radical (unpaired) electrons. The maximum Gasteiger partial charge on any atom is 0.0640 e. The van der Waals surface area contributed by atoms with Crippen LogP contribution in [0.1, 0.15) is 30.0 Å². The lowest BCUT2D eigenvalue weighted by atomic mass is 9.89. The van der Waals surface area contributed by atoms with Crippen molar-refractivity contribution >= 4 is 23.2 Å². The molecule has 0 bridgehead atoms. The monoisotopic (exact) mass is 294 g/mol. The Balaban J connectivity index is 2.37. The van der Waals surface area contributed by atoms with Crippen LogP contribution in [-0.4, -0.2) is 12.0 Å². The highest BCUT2D eigenvalue weighted by Crippen LogP contribution is 2.36. The van der Waals surface area contributed by atoms with Crippen molar-refractivity contribution in [3.05, 3.63) is 63.9 Å². The largest absolute Gasteiger partial charge is 0.312 e. The van der Waals surface area contributed by atoms with Crippen LogP contribution in [0.25, 0.3) is 0 Å². The molecule has 1 heterocycles. The zero-order chi connectivity index (χ0) is 13.8. The van der Waals surface area contributed by atoms with Crippen LogP contribution in [0.5, 0.6) is 0 Å². The summed E-state index contributed by atoms with van der Waals surface area (Å²) in [7, 11) is 1.93. The van der Waals surface area contributed by atoms with Crippen LogP contribution in [0.3, 0.4) is 0 Å². The summed E-state index contributed by atoms with van der Waals surface area (Å²) >= 11 is 12.4. The second kappa shape index (κ2) is 6.38. The minimum absolute atomic E-state index is 0.105. The third-order valence-corrected chi connectivity index (χ3v) is 4.19. The topological polar surface area (TPSA) is 24.9 Å². The number of hydrogen-bond donors (Lipinski definition) is 1. The van der Waals surface area contributed by atoms with Gasteiger partial charge < -0.3 is 5.32 Å². The van der Waals surface area contributed by atoms with Crippen LogP contribution < -0.4 is 5.32 Å². The van der Waals surface area contributed by atoms with Crippen molar-refractivity contribution in [1.29, 1.82) is 0 Å². The fraction of sp³-hybridized carbons (Fsp3) is 0.267. The number of hydrogen-bond acceptors (Lipinski definition) is 2. The number of aromatic nitrogens is 1. The van der Waals surface area contributed by atoms with Crippen LogP contribution >= 0.6 is 23.2 Å². The van der Waals surface area contributed by atoms with Gasteiger partial charge in [-0.15, -0.1) is 0 Å². The molecule has 1 N–H and O–H groups in total. The second-order valence-corrected chi connectivity index (χ2v) is 5.26. The van der Waals surface area contributed by atoms with Crippen molar-refractivity contribution in [3.8, 4) is 0 Å². The molecule has 0 saturated heterocycles. The SMILES string of the molecule is CNC(c1cccc(Cl)c1Cl)C(C)c1ccncc1. The molecular weight excluding hydrogens is 279 g/mol. The standard InChI is InChI=1S/C15H16Cl2N2/c1-10(11-6-8-19-9-7-11)15(18-2)12-4-3-5-13(16)14(12)17/h3-10,15,18H,1-2H3. The van der Waals surface area contributed by atoms with Crippen LogP contribution in [0.4, 0.5) is 0 Å². The number of nitrogens with zero attached hydrogens (tertiary/aromatic N) is 1. The van der Waals surface area contributed by atoms with E-state index in [1.54, 1.807) is 18.5 Å². The fourth-order valence-electron chi connectivity index (χ4n) is 2.29. The molecule has 2 atom stereocenters. The lowest BCUT2D eigenvalue weighted by Crippen LogP contribution is -2.22. The normalized spacial score (nSPS) is 14.1. The van der Waals surface area contributed by atoms with Crippen molar-refractivity contribution in [2.75, 3.05) is 7.05 Å². The van der Waals surface area contributed by atoms with E-state index in [0.717, 1.165) is 5.56 Å². The fourth-order valence-corrected chi connectivity index (χ4v) is 2.72. The zero-order valence-electron chi connectivity index (χ0n) is 10.9. The van der Waals surface area contributed by atoms with Crippen LogP contribution in [0.2, 0.25) is 10.0 Å². The number of likely N-dealkylation sites (N-methyl/N-ethyl adjacent to an activating group) is 1. The predicted molar refractivity (Wildman–Crippen MR) is 80.9 cm³/mol. The van der Waals surface area contributed by atoms with Crippen molar-refractivity contribution in [3.63, 3.8) is 0 Å². The summed E-state index contributed by atoms with van der Waals surface area (Å²) in [6.45, 7) is 2.16. The second-order valence-electron chi connectivity index (χ2n) is 4.48. The van der Waals surface area contributed by atoms with Gasteiger partial charge in [0, 0.05) is 24.4 Å². The molecule has 0 fully saturated rings. The smallest absolute Gasteiger partial charge is 0.0640 e. The van der Waals surface area contributed by atoms with Crippen molar-refractivity contribution in [2.45, 2.75) is 18.9 Å². The van der Waals surface area contributed by atoms with E-state index in [4.69, 9.17) is 23.2 Å². The molecule has 2 unspecified atom stereocenters. The lowest BCUT2D eigenvalue weighted by molar-refractivity contribution is 0.508. The van der Waals surface area contributed by atoms with Crippen LogP contribution in [0, 0.1) is 0 Å². The Kier molecular flexibility index (Phi) is 4.81. The molecule has 0 aliphatic heterocycles. The van der Waals surface area contributed by atoms with Gasteiger partial charge in [0.25, 0.3) is 0 Å². The molecule has 19 heavy (non-hydrogen) atoms. The van der Waals surface area contributed by atoms with Gasteiger partial charge in [-0.25, -0.2) is 0 Å². The lowest BCUT2D eigenvalue weighted by Gasteiger charge is -2.25. The number of nitrogens with one attached hydrogen (secondary N) is 1. The first-order chi connectivity index (χ1) is 9.15. The molecule has 2 aromatic rings. The van der Waals surface area contributed by atoms with Crippen LogP contribution in [-0.2, 0) is 0 Å². The Morgan fingerprint density at radius 1 is 1.11 bits per heavy atom. The summed E-state index contributed by atoms with van der Waals surface area (Å²) < 4.78 is 0. The Morgan fingerprint density at radius 3 is 2.42 bits per heavy atom. The maximum atomic E-state index is 6.31. The molecule has 1 aromatic carbocycles. The first-order valence-electron chi connectivity index (χ1n) is 6.16. The first-order valence-corrected chi connectivity index (χ1v) is 6.92. The highest BCUT2D eigenvalue weighted by molar-refractivity contribution is 6.42. The molecule has 2 nitrogen and oxygen atoms in total. The Hall–Kier alpha value is -1.09. The predicted octanol–water partition coefficient (Wildman–Crippen LogP) is 4.45. The van der Waals surface area contributed by atoms with Gasteiger partial charge in [-0.1, -0.05) is 42.3 Å². The number of rotatable bonds is 4.